The normalized spacial score (nSPS) is 12.7. The topological polar surface area (TPSA) is 39.7 Å². The Morgan fingerprint density at radius 3 is 2.35 bits per heavy atom. The van der Waals surface area contributed by atoms with Crippen LogP contribution in [0, 0.1) is 0 Å². The zero-order valence-electron chi connectivity index (χ0n) is 13.0. The maximum Gasteiger partial charge on any atom is 0.119 e. The Labute approximate surface area is 122 Å². The van der Waals surface area contributed by atoms with Gasteiger partial charge in [0.05, 0.1) is 38.6 Å². The summed E-state index contributed by atoms with van der Waals surface area (Å²) in [7, 11) is 1.94. The van der Waals surface area contributed by atoms with Crippen molar-refractivity contribution in [3.8, 4) is 5.75 Å². The van der Waals surface area contributed by atoms with Gasteiger partial charge in [-0.15, -0.1) is 0 Å². The molecule has 0 saturated heterocycles. The molecule has 1 atom stereocenters. The van der Waals surface area contributed by atoms with E-state index in [4.69, 9.17) is 14.2 Å². The molecule has 1 N–H and O–H groups in total. The maximum absolute atomic E-state index is 5.65. The second-order valence-corrected chi connectivity index (χ2v) is 4.84. The molecule has 4 heteroatoms. The van der Waals surface area contributed by atoms with Crippen LogP contribution in [0.3, 0.4) is 0 Å². The van der Waals surface area contributed by atoms with Gasteiger partial charge in [0.2, 0.25) is 0 Å². The molecule has 114 valence electrons. The number of likely N-dealkylation sites (N-methyl/N-ethyl adjacent to an activating group) is 1. The van der Waals surface area contributed by atoms with Gasteiger partial charge in [-0.3, -0.25) is 0 Å². The van der Waals surface area contributed by atoms with E-state index >= 15 is 0 Å². The number of hydrogen-bond donors (Lipinski definition) is 1. The van der Waals surface area contributed by atoms with Gasteiger partial charge in [-0.1, -0.05) is 12.1 Å². The van der Waals surface area contributed by atoms with E-state index in [-0.39, 0.29) is 12.1 Å². The van der Waals surface area contributed by atoms with Gasteiger partial charge in [0.1, 0.15) is 5.75 Å². The molecular formula is C16H27NO3. The Hall–Kier alpha value is -1.10. The lowest BCUT2D eigenvalue weighted by atomic mass is 10.1. The van der Waals surface area contributed by atoms with Crippen molar-refractivity contribution in [2.45, 2.75) is 32.9 Å². The molecule has 0 bridgehead atoms. The number of hydrogen-bond acceptors (Lipinski definition) is 4. The van der Waals surface area contributed by atoms with Gasteiger partial charge in [0.25, 0.3) is 0 Å². The lowest BCUT2D eigenvalue weighted by molar-refractivity contribution is 0.0142. The SMILES string of the molecule is CCOc1ccc(C(COCCOC(C)C)NC)cc1. The van der Waals surface area contributed by atoms with E-state index in [1.165, 1.54) is 5.56 Å². The molecule has 1 rings (SSSR count). The van der Waals surface area contributed by atoms with Gasteiger partial charge in [-0.2, -0.15) is 0 Å². The third kappa shape index (κ3) is 6.37. The van der Waals surface area contributed by atoms with Crippen LogP contribution in [0.15, 0.2) is 24.3 Å². The third-order valence-corrected chi connectivity index (χ3v) is 2.91. The first-order valence-corrected chi connectivity index (χ1v) is 7.26. The van der Waals surface area contributed by atoms with E-state index in [9.17, 15) is 0 Å². The fraction of sp³-hybridized carbons (Fsp3) is 0.625. The fourth-order valence-corrected chi connectivity index (χ4v) is 1.85. The molecule has 4 nitrogen and oxygen atoms in total. The van der Waals surface area contributed by atoms with E-state index in [2.05, 4.69) is 17.4 Å². The summed E-state index contributed by atoms with van der Waals surface area (Å²) in [6, 6.07) is 8.31. The fourth-order valence-electron chi connectivity index (χ4n) is 1.85. The van der Waals surface area contributed by atoms with Crippen molar-refractivity contribution < 1.29 is 14.2 Å². The molecule has 0 saturated carbocycles. The van der Waals surface area contributed by atoms with Gasteiger partial charge in [0, 0.05) is 0 Å². The first-order chi connectivity index (χ1) is 9.67. The Morgan fingerprint density at radius 1 is 1.10 bits per heavy atom. The minimum atomic E-state index is 0.185. The number of benzene rings is 1. The lowest BCUT2D eigenvalue weighted by Crippen LogP contribution is -2.23. The van der Waals surface area contributed by atoms with Crippen LogP contribution < -0.4 is 10.1 Å². The van der Waals surface area contributed by atoms with E-state index < -0.39 is 0 Å². The van der Waals surface area contributed by atoms with Crippen molar-refractivity contribution in [2.24, 2.45) is 0 Å². The molecule has 1 aromatic rings. The highest BCUT2D eigenvalue weighted by Crippen LogP contribution is 2.18. The van der Waals surface area contributed by atoms with Crippen LogP contribution in [-0.2, 0) is 9.47 Å². The molecule has 0 radical (unpaired) electrons. The lowest BCUT2D eigenvalue weighted by Gasteiger charge is -2.17. The van der Waals surface area contributed by atoms with Gasteiger partial charge < -0.3 is 19.5 Å². The van der Waals surface area contributed by atoms with Crippen LogP contribution in [0.25, 0.3) is 0 Å². The van der Waals surface area contributed by atoms with Crippen molar-refractivity contribution >= 4 is 0 Å². The van der Waals surface area contributed by atoms with Crippen LogP contribution in [-0.4, -0.2) is 39.6 Å². The van der Waals surface area contributed by atoms with Crippen LogP contribution in [0.1, 0.15) is 32.4 Å². The van der Waals surface area contributed by atoms with Crippen molar-refractivity contribution in [1.29, 1.82) is 0 Å². The summed E-state index contributed by atoms with van der Waals surface area (Å²) < 4.78 is 16.5. The van der Waals surface area contributed by atoms with Gasteiger partial charge in [-0.05, 0) is 45.5 Å². The zero-order valence-corrected chi connectivity index (χ0v) is 13.0. The smallest absolute Gasteiger partial charge is 0.119 e. The van der Waals surface area contributed by atoms with Crippen LogP contribution in [0.5, 0.6) is 5.75 Å². The number of rotatable bonds is 10. The van der Waals surface area contributed by atoms with Crippen LogP contribution in [0.4, 0.5) is 0 Å². The molecule has 0 aliphatic rings. The molecule has 0 aromatic heterocycles. The summed E-state index contributed by atoms with van der Waals surface area (Å²) in [6.45, 7) is 8.61. The van der Waals surface area contributed by atoms with E-state index in [1.807, 2.05) is 40.0 Å². The average Bonchev–Trinajstić information content (AvgIpc) is 2.44. The second-order valence-electron chi connectivity index (χ2n) is 4.84. The Bertz CT molecular complexity index is 351. The van der Waals surface area contributed by atoms with Crippen molar-refractivity contribution in [3.63, 3.8) is 0 Å². The molecular weight excluding hydrogens is 254 g/mol. The highest BCUT2D eigenvalue weighted by molar-refractivity contribution is 5.29. The van der Waals surface area contributed by atoms with E-state index in [0.717, 1.165) is 5.75 Å². The van der Waals surface area contributed by atoms with Crippen molar-refractivity contribution in [1.82, 2.24) is 5.32 Å². The van der Waals surface area contributed by atoms with Crippen LogP contribution >= 0.6 is 0 Å². The molecule has 0 spiro atoms. The van der Waals surface area contributed by atoms with Gasteiger partial charge in [0.15, 0.2) is 0 Å². The van der Waals surface area contributed by atoms with Crippen molar-refractivity contribution in [2.75, 3.05) is 33.5 Å². The molecule has 1 aromatic carbocycles. The van der Waals surface area contributed by atoms with Crippen molar-refractivity contribution in [3.05, 3.63) is 29.8 Å². The quantitative estimate of drug-likeness (QED) is 0.669. The van der Waals surface area contributed by atoms with Gasteiger partial charge >= 0.3 is 0 Å². The predicted octanol–water partition coefficient (Wildman–Crippen LogP) is 2.79. The van der Waals surface area contributed by atoms with E-state index in [0.29, 0.717) is 26.4 Å². The maximum atomic E-state index is 5.65. The molecule has 0 aliphatic carbocycles. The Balaban J connectivity index is 2.37. The largest absolute Gasteiger partial charge is 0.494 e. The summed E-state index contributed by atoms with van der Waals surface area (Å²) in [4.78, 5) is 0. The summed E-state index contributed by atoms with van der Waals surface area (Å²) in [5.41, 5.74) is 1.20. The Kier molecular flexibility index (Phi) is 8.26. The molecule has 20 heavy (non-hydrogen) atoms. The minimum absolute atomic E-state index is 0.185. The first-order valence-electron chi connectivity index (χ1n) is 7.26. The second kappa shape index (κ2) is 9.75. The predicted molar refractivity (Wildman–Crippen MR) is 81.3 cm³/mol. The number of nitrogens with one attached hydrogen (secondary N) is 1. The molecule has 1 unspecified atom stereocenters. The highest BCUT2D eigenvalue weighted by Gasteiger charge is 2.09. The standard InChI is InChI=1S/C16H27NO3/c1-5-19-15-8-6-14(7-9-15)16(17-4)12-18-10-11-20-13(2)3/h6-9,13,16-17H,5,10-12H2,1-4H3. The minimum Gasteiger partial charge on any atom is -0.494 e. The monoisotopic (exact) mass is 281 g/mol. The summed E-state index contributed by atoms with van der Waals surface area (Å²) >= 11 is 0. The molecule has 0 fully saturated rings. The summed E-state index contributed by atoms with van der Waals surface area (Å²) in [5.74, 6) is 0.900. The van der Waals surface area contributed by atoms with E-state index in [1.54, 1.807) is 0 Å². The molecule has 0 amide bonds. The third-order valence-electron chi connectivity index (χ3n) is 2.91. The first kappa shape index (κ1) is 17.0. The number of ether oxygens (including phenoxy) is 3. The Morgan fingerprint density at radius 2 is 1.80 bits per heavy atom. The molecule has 0 aliphatic heterocycles. The average molecular weight is 281 g/mol. The summed E-state index contributed by atoms with van der Waals surface area (Å²) in [5, 5.41) is 3.26. The summed E-state index contributed by atoms with van der Waals surface area (Å²) in [6.07, 6.45) is 0.254. The highest BCUT2D eigenvalue weighted by atomic mass is 16.5. The van der Waals surface area contributed by atoms with Crippen LogP contribution in [0.2, 0.25) is 0 Å². The molecule has 0 heterocycles. The zero-order chi connectivity index (χ0) is 14.8. The van der Waals surface area contributed by atoms with Gasteiger partial charge in [-0.25, -0.2) is 0 Å².